The van der Waals surface area contributed by atoms with Gasteiger partial charge in [0.05, 0.1) is 13.2 Å². The summed E-state index contributed by atoms with van der Waals surface area (Å²) >= 11 is 5.66. The molecular formula is C15H20ClNO4. The highest BCUT2D eigenvalue weighted by molar-refractivity contribution is 6.27. The van der Waals surface area contributed by atoms with Crippen molar-refractivity contribution in [2.75, 3.05) is 26.1 Å². The van der Waals surface area contributed by atoms with Crippen LogP contribution in [0.3, 0.4) is 0 Å². The van der Waals surface area contributed by atoms with Gasteiger partial charge in [0, 0.05) is 12.1 Å². The number of aliphatic hydroxyl groups excluding tert-OH is 1. The van der Waals surface area contributed by atoms with E-state index >= 15 is 0 Å². The molecule has 0 spiro atoms. The summed E-state index contributed by atoms with van der Waals surface area (Å²) in [5.74, 6) is 0.961. The molecule has 2 atom stereocenters. The summed E-state index contributed by atoms with van der Waals surface area (Å²) in [5.41, 5.74) is 0.633. The standard InChI is InChI=1S/C15H20ClNO4/c1-3-6-17(14(18)8-16)12-9-21-13-5-4-10(20-2)7-11(13)15(12)19/h4-5,7,12,15,19H,3,6,8-9H2,1-2H3. The van der Waals surface area contributed by atoms with Gasteiger partial charge in [-0.3, -0.25) is 4.79 Å². The summed E-state index contributed by atoms with van der Waals surface area (Å²) in [6, 6.07) is 4.85. The van der Waals surface area contributed by atoms with Gasteiger partial charge in [-0.25, -0.2) is 0 Å². The molecule has 0 aliphatic carbocycles. The number of ether oxygens (including phenoxy) is 2. The number of fused-ring (bicyclic) bond motifs is 1. The van der Waals surface area contributed by atoms with E-state index in [0.29, 0.717) is 23.6 Å². The first-order valence-electron chi connectivity index (χ1n) is 6.96. The zero-order chi connectivity index (χ0) is 15.4. The lowest BCUT2D eigenvalue weighted by molar-refractivity contribution is -0.135. The van der Waals surface area contributed by atoms with Crippen molar-refractivity contribution in [3.05, 3.63) is 23.8 Å². The topological polar surface area (TPSA) is 59.0 Å². The molecule has 1 N–H and O–H groups in total. The van der Waals surface area contributed by atoms with E-state index in [1.807, 2.05) is 6.92 Å². The fourth-order valence-electron chi connectivity index (χ4n) is 2.54. The number of halogens is 1. The predicted octanol–water partition coefficient (Wildman–Crippen LogP) is 1.97. The molecule has 6 heteroatoms. The Labute approximate surface area is 129 Å². The van der Waals surface area contributed by atoms with Crippen molar-refractivity contribution < 1.29 is 19.4 Å². The van der Waals surface area contributed by atoms with Crippen LogP contribution in [0.1, 0.15) is 25.0 Å². The molecule has 0 aromatic heterocycles. The van der Waals surface area contributed by atoms with Crippen LogP contribution in [0.4, 0.5) is 0 Å². The van der Waals surface area contributed by atoms with Crippen molar-refractivity contribution in [1.29, 1.82) is 0 Å². The summed E-state index contributed by atoms with van der Waals surface area (Å²) in [6.07, 6.45) is -0.0286. The zero-order valence-electron chi connectivity index (χ0n) is 12.2. The first-order valence-corrected chi connectivity index (χ1v) is 7.50. The van der Waals surface area contributed by atoms with Crippen LogP contribution < -0.4 is 9.47 Å². The minimum absolute atomic E-state index is 0.103. The van der Waals surface area contributed by atoms with Gasteiger partial charge in [-0.15, -0.1) is 11.6 Å². The Morgan fingerprint density at radius 3 is 2.95 bits per heavy atom. The quantitative estimate of drug-likeness (QED) is 0.844. The van der Waals surface area contributed by atoms with Crippen LogP contribution in [-0.2, 0) is 4.79 Å². The summed E-state index contributed by atoms with van der Waals surface area (Å²) < 4.78 is 10.8. The fourth-order valence-corrected chi connectivity index (χ4v) is 2.70. The Hall–Kier alpha value is -1.46. The third kappa shape index (κ3) is 3.24. The van der Waals surface area contributed by atoms with Crippen LogP contribution in [0.15, 0.2) is 18.2 Å². The lowest BCUT2D eigenvalue weighted by Gasteiger charge is -2.38. The Balaban J connectivity index is 2.28. The number of hydrogen-bond donors (Lipinski definition) is 1. The van der Waals surface area contributed by atoms with Crippen molar-refractivity contribution in [2.24, 2.45) is 0 Å². The lowest BCUT2D eigenvalue weighted by Crippen LogP contribution is -2.49. The third-order valence-electron chi connectivity index (χ3n) is 3.61. The van der Waals surface area contributed by atoms with E-state index in [1.165, 1.54) is 0 Å². The van der Waals surface area contributed by atoms with Crippen molar-refractivity contribution >= 4 is 17.5 Å². The Morgan fingerprint density at radius 2 is 2.33 bits per heavy atom. The molecule has 0 fully saturated rings. The number of amides is 1. The number of benzene rings is 1. The van der Waals surface area contributed by atoms with Gasteiger partial charge in [0.2, 0.25) is 5.91 Å². The molecule has 0 bridgehead atoms. The molecule has 5 nitrogen and oxygen atoms in total. The molecule has 1 amide bonds. The minimum atomic E-state index is -0.817. The number of alkyl halides is 1. The molecule has 1 aliphatic rings. The van der Waals surface area contributed by atoms with E-state index in [4.69, 9.17) is 21.1 Å². The molecule has 1 heterocycles. The highest BCUT2D eigenvalue weighted by Gasteiger charge is 2.35. The fraction of sp³-hybridized carbons (Fsp3) is 0.533. The molecule has 2 unspecified atom stereocenters. The van der Waals surface area contributed by atoms with E-state index in [0.717, 1.165) is 6.42 Å². The summed E-state index contributed by atoms with van der Waals surface area (Å²) in [5, 5.41) is 10.6. The second-order valence-electron chi connectivity index (χ2n) is 4.95. The van der Waals surface area contributed by atoms with Crippen molar-refractivity contribution in [2.45, 2.75) is 25.5 Å². The number of methoxy groups -OCH3 is 1. The highest BCUT2D eigenvalue weighted by Crippen LogP contribution is 2.36. The molecule has 1 aromatic rings. The van der Waals surface area contributed by atoms with Gasteiger partial charge in [-0.1, -0.05) is 6.92 Å². The number of aliphatic hydroxyl groups is 1. The van der Waals surface area contributed by atoms with Crippen LogP contribution in [0.25, 0.3) is 0 Å². The minimum Gasteiger partial charge on any atom is -0.497 e. The average molecular weight is 314 g/mol. The molecule has 0 saturated carbocycles. The van der Waals surface area contributed by atoms with E-state index < -0.39 is 12.1 Å². The van der Waals surface area contributed by atoms with Crippen molar-refractivity contribution in [3.63, 3.8) is 0 Å². The Kier molecular flexibility index (Phi) is 5.31. The molecule has 0 saturated heterocycles. The summed E-state index contributed by atoms with van der Waals surface area (Å²) in [4.78, 5) is 13.6. The van der Waals surface area contributed by atoms with Crippen LogP contribution in [0.2, 0.25) is 0 Å². The van der Waals surface area contributed by atoms with Gasteiger partial charge in [-0.2, -0.15) is 0 Å². The van der Waals surface area contributed by atoms with E-state index in [2.05, 4.69) is 0 Å². The van der Waals surface area contributed by atoms with Gasteiger partial charge in [0.25, 0.3) is 0 Å². The van der Waals surface area contributed by atoms with Crippen LogP contribution in [0.5, 0.6) is 11.5 Å². The summed E-state index contributed by atoms with van der Waals surface area (Å²) in [6.45, 7) is 2.76. The smallest absolute Gasteiger partial charge is 0.237 e. The maximum absolute atomic E-state index is 12.0. The highest BCUT2D eigenvalue weighted by atomic mass is 35.5. The monoisotopic (exact) mass is 313 g/mol. The van der Waals surface area contributed by atoms with Crippen LogP contribution in [0, 0.1) is 0 Å². The third-order valence-corrected chi connectivity index (χ3v) is 3.84. The Morgan fingerprint density at radius 1 is 1.57 bits per heavy atom. The Bertz CT molecular complexity index is 508. The number of carbonyl (C=O) groups excluding carboxylic acids is 1. The van der Waals surface area contributed by atoms with Gasteiger partial charge in [0.1, 0.15) is 30.1 Å². The zero-order valence-corrected chi connectivity index (χ0v) is 13.0. The van der Waals surface area contributed by atoms with E-state index in [-0.39, 0.29) is 18.4 Å². The SMILES string of the molecule is CCCN(C(=O)CCl)C1COc2ccc(OC)cc2C1O. The molecule has 0 radical (unpaired) electrons. The number of hydrogen-bond acceptors (Lipinski definition) is 4. The van der Waals surface area contributed by atoms with Crippen LogP contribution >= 0.6 is 11.6 Å². The number of rotatable bonds is 5. The van der Waals surface area contributed by atoms with Crippen molar-refractivity contribution in [3.8, 4) is 11.5 Å². The molecule has 2 rings (SSSR count). The first-order chi connectivity index (χ1) is 10.1. The van der Waals surface area contributed by atoms with Crippen molar-refractivity contribution in [1.82, 2.24) is 4.90 Å². The number of carbonyl (C=O) groups is 1. The second-order valence-corrected chi connectivity index (χ2v) is 5.21. The predicted molar refractivity (Wildman–Crippen MR) is 80.0 cm³/mol. The molecular weight excluding hydrogens is 294 g/mol. The van der Waals surface area contributed by atoms with Crippen LogP contribution in [-0.4, -0.2) is 48.1 Å². The average Bonchev–Trinajstić information content (AvgIpc) is 2.52. The maximum atomic E-state index is 12.0. The van der Waals surface area contributed by atoms with Gasteiger partial charge < -0.3 is 19.5 Å². The van der Waals surface area contributed by atoms with Gasteiger partial charge in [0.15, 0.2) is 0 Å². The van der Waals surface area contributed by atoms with E-state index in [1.54, 1.807) is 30.2 Å². The second kappa shape index (κ2) is 7.00. The largest absolute Gasteiger partial charge is 0.497 e. The summed E-state index contributed by atoms with van der Waals surface area (Å²) in [7, 11) is 1.57. The number of nitrogens with zero attached hydrogens (tertiary/aromatic N) is 1. The first kappa shape index (κ1) is 15.9. The molecule has 1 aliphatic heterocycles. The normalized spacial score (nSPS) is 20.4. The van der Waals surface area contributed by atoms with E-state index in [9.17, 15) is 9.90 Å². The lowest BCUT2D eigenvalue weighted by atomic mass is 9.97. The molecule has 1 aromatic carbocycles. The van der Waals surface area contributed by atoms with Gasteiger partial charge >= 0.3 is 0 Å². The maximum Gasteiger partial charge on any atom is 0.237 e. The molecule has 21 heavy (non-hydrogen) atoms. The van der Waals surface area contributed by atoms with Gasteiger partial charge in [-0.05, 0) is 24.6 Å². The molecule has 116 valence electrons.